The molecule has 1 saturated heterocycles. The zero-order valence-electron chi connectivity index (χ0n) is 14.8. The number of amides is 1. The third-order valence-corrected chi connectivity index (χ3v) is 5.75. The Morgan fingerprint density at radius 3 is 2.56 bits per heavy atom. The fourth-order valence-electron chi connectivity index (χ4n) is 3.83. The lowest BCUT2D eigenvalue weighted by Gasteiger charge is -2.33. The number of rotatable bonds is 4. The Bertz CT molecular complexity index is 975. The van der Waals surface area contributed by atoms with E-state index in [9.17, 15) is 9.18 Å². The summed E-state index contributed by atoms with van der Waals surface area (Å²) in [6.07, 6.45) is 3.07. The second kappa shape index (κ2) is 7.24. The number of nitrogens with one attached hydrogen (secondary N) is 1. The van der Waals surface area contributed by atoms with Gasteiger partial charge >= 0.3 is 0 Å². The third-order valence-electron chi connectivity index (χ3n) is 5.37. The summed E-state index contributed by atoms with van der Waals surface area (Å²) in [4.78, 5) is 17.0. The van der Waals surface area contributed by atoms with Crippen LogP contribution in [0.4, 0.5) is 10.2 Å². The average molecular weight is 386 g/mol. The maximum absolute atomic E-state index is 13.1. The number of nitrogens with two attached hydrogens (primary N) is 1. The van der Waals surface area contributed by atoms with Gasteiger partial charge in [0.1, 0.15) is 11.6 Å². The quantitative estimate of drug-likeness (QED) is 0.693. The highest BCUT2D eigenvalue weighted by Gasteiger charge is 2.23. The molecule has 4 nitrogen and oxygen atoms in total. The van der Waals surface area contributed by atoms with Gasteiger partial charge in [-0.15, -0.1) is 0 Å². The largest absolute Gasteiger partial charge is 0.366 e. The van der Waals surface area contributed by atoms with Gasteiger partial charge in [-0.05, 0) is 61.1 Å². The Morgan fingerprint density at radius 2 is 1.89 bits per heavy atom. The minimum Gasteiger partial charge on any atom is -0.366 e. The topological polar surface area (TPSA) is 62.1 Å². The van der Waals surface area contributed by atoms with Gasteiger partial charge in [0.25, 0.3) is 0 Å². The van der Waals surface area contributed by atoms with Crippen molar-refractivity contribution in [3.63, 3.8) is 0 Å². The molecule has 1 aliphatic heterocycles. The van der Waals surface area contributed by atoms with Crippen LogP contribution in [-0.2, 0) is 6.42 Å². The van der Waals surface area contributed by atoms with Gasteiger partial charge in [0.2, 0.25) is 5.91 Å². The molecule has 0 radical (unpaired) electrons. The molecular weight excluding hydrogens is 365 g/mol. The molecule has 0 spiro atoms. The van der Waals surface area contributed by atoms with Gasteiger partial charge in [-0.3, -0.25) is 4.79 Å². The van der Waals surface area contributed by atoms with E-state index < -0.39 is 5.91 Å². The molecular formula is C21H21ClFN3O. The second-order valence-corrected chi connectivity index (χ2v) is 7.55. The maximum atomic E-state index is 13.1. The minimum atomic E-state index is -0.461. The van der Waals surface area contributed by atoms with Crippen LogP contribution in [0.25, 0.3) is 10.9 Å². The lowest BCUT2D eigenvalue weighted by molar-refractivity contribution is 0.100. The fraction of sp³-hybridized carbons (Fsp3) is 0.286. The highest BCUT2D eigenvalue weighted by Crippen LogP contribution is 2.36. The molecule has 0 atom stereocenters. The van der Waals surface area contributed by atoms with Gasteiger partial charge in [0.05, 0.1) is 5.02 Å². The molecule has 140 valence electrons. The summed E-state index contributed by atoms with van der Waals surface area (Å²) in [5, 5.41) is 1.45. The first-order valence-corrected chi connectivity index (χ1v) is 9.49. The number of carbonyl (C=O) groups excluding carboxylic acids is 1. The summed E-state index contributed by atoms with van der Waals surface area (Å²) < 4.78 is 13.1. The number of nitrogens with zero attached hydrogens (tertiary/aromatic N) is 1. The van der Waals surface area contributed by atoms with Gasteiger partial charge in [0.15, 0.2) is 0 Å². The van der Waals surface area contributed by atoms with Crippen molar-refractivity contribution in [2.24, 2.45) is 11.7 Å². The van der Waals surface area contributed by atoms with Crippen molar-refractivity contribution in [2.75, 3.05) is 18.0 Å². The van der Waals surface area contributed by atoms with Crippen molar-refractivity contribution in [1.82, 2.24) is 4.98 Å². The zero-order valence-corrected chi connectivity index (χ0v) is 15.6. The molecule has 0 saturated carbocycles. The number of H-pyrrole nitrogens is 1. The van der Waals surface area contributed by atoms with Crippen LogP contribution in [0.15, 0.2) is 42.5 Å². The Hall–Kier alpha value is -2.53. The summed E-state index contributed by atoms with van der Waals surface area (Å²) in [5.41, 5.74) is 7.89. The van der Waals surface area contributed by atoms with E-state index in [4.69, 9.17) is 17.3 Å². The molecule has 0 bridgehead atoms. The van der Waals surface area contributed by atoms with Crippen molar-refractivity contribution in [2.45, 2.75) is 19.3 Å². The molecule has 1 fully saturated rings. The summed E-state index contributed by atoms with van der Waals surface area (Å²) in [7, 11) is 0. The molecule has 2 heterocycles. The molecule has 2 aromatic carbocycles. The summed E-state index contributed by atoms with van der Waals surface area (Å²) >= 11 is 6.59. The van der Waals surface area contributed by atoms with Gasteiger partial charge in [0, 0.05) is 29.6 Å². The van der Waals surface area contributed by atoms with Crippen molar-refractivity contribution < 1.29 is 9.18 Å². The van der Waals surface area contributed by atoms with Gasteiger partial charge in [-0.2, -0.15) is 0 Å². The Morgan fingerprint density at radius 1 is 1.19 bits per heavy atom. The van der Waals surface area contributed by atoms with Crippen molar-refractivity contribution >= 4 is 34.2 Å². The Kier molecular flexibility index (Phi) is 4.79. The number of hydrogen-bond donors (Lipinski definition) is 2. The molecule has 3 aromatic rings. The fourth-order valence-corrected chi connectivity index (χ4v) is 4.15. The Labute approximate surface area is 162 Å². The highest BCUT2D eigenvalue weighted by molar-refractivity contribution is 6.38. The van der Waals surface area contributed by atoms with Gasteiger partial charge in [-0.25, -0.2) is 4.39 Å². The lowest BCUT2D eigenvalue weighted by Crippen LogP contribution is -2.34. The zero-order chi connectivity index (χ0) is 19.0. The molecule has 4 rings (SSSR count). The number of aromatic amines is 1. The monoisotopic (exact) mass is 385 g/mol. The van der Waals surface area contributed by atoms with Gasteiger partial charge < -0.3 is 15.6 Å². The van der Waals surface area contributed by atoms with E-state index in [-0.39, 0.29) is 5.82 Å². The normalized spacial score (nSPS) is 15.4. The standard InChI is InChI=1S/C21H21ClFN3O/c22-19-17-12-15(20(24)27)3-6-18(17)25-21(19)26-9-7-14(8-10-26)11-13-1-4-16(23)5-2-13/h1-6,12,14,25H,7-11H2,(H2,24,27). The van der Waals surface area contributed by atoms with Crippen LogP contribution in [0, 0.1) is 11.7 Å². The van der Waals surface area contributed by atoms with E-state index in [0.29, 0.717) is 16.5 Å². The molecule has 1 amide bonds. The van der Waals surface area contributed by atoms with Crippen LogP contribution >= 0.6 is 11.6 Å². The average Bonchev–Trinajstić information content (AvgIpc) is 3.00. The van der Waals surface area contributed by atoms with E-state index in [1.54, 1.807) is 12.1 Å². The van der Waals surface area contributed by atoms with E-state index in [0.717, 1.165) is 49.1 Å². The molecule has 1 aromatic heterocycles. The smallest absolute Gasteiger partial charge is 0.248 e. The minimum absolute atomic E-state index is 0.193. The number of aromatic nitrogens is 1. The van der Waals surface area contributed by atoms with Crippen LogP contribution < -0.4 is 10.6 Å². The van der Waals surface area contributed by atoms with Crippen LogP contribution in [0.5, 0.6) is 0 Å². The predicted molar refractivity (Wildman–Crippen MR) is 107 cm³/mol. The highest BCUT2D eigenvalue weighted by atomic mass is 35.5. The van der Waals surface area contributed by atoms with Crippen molar-refractivity contribution in [1.29, 1.82) is 0 Å². The first-order valence-electron chi connectivity index (χ1n) is 9.11. The molecule has 0 unspecified atom stereocenters. The number of anilines is 1. The van der Waals surface area contributed by atoms with Crippen LogP contribution in [0.2, 0.25) is 5.02 Å². The number of benzene rings is 2. The molecule has 3 N–H and O–H groups in total. The third kappa shape index (κ3) is 3.65. The van der Waals surface area contributed by atoms with E-state index >= 15 is 0 Å². The second-order valence-electron chi connectivity index (χ2n) is 7.17. The number of primary amides is 1. The van der Waals surface area contributed by atoms with Crippen LogP contribution in [0.3, 0.4) is 0 Å². The molecule has 6 heteroatoms. The van der Waals surface area contributed by atoms with E-state index in [1.165, 1.54) is 17.7 Å². The molecule has 27 heavy (non-hydrogen) atoms. The number of fused-ring (bicyclic) bond motifs is 1. The first kappa shape index (κ1) is 17.9. The van der Waals surface area contributed by atoms with Crippen LogP contribution in [-0.4, -0.2) is 24.0 Å². The number of carbonyl (C=O) groups is 1. The molecule has 1 aliphatic rings. The number of halogens is 2. The van der Waals surface area contributed by atoms with E-state index in [1.807, 2.05) is 18.2 Å². The molecule has 0 aliphatic carbocycles. The summed E-state index contributed by atoms with van der Waals surface area (Å²) in [5.74, 6) is 0.823. The summed E-state index contributed by atoms with van der Waals surface area (Å²) in [6, 6.07) is 12.1. The number of hydrogen-bond acceptors (Lipinski definition) is 2. The number of piperidine rings is 1. The van der Waals surface area contributed by atoms with E-state index in [2.05, 4.69) is 9.88 Å². The first-order chi connectivity index (χ1) is 13.0. The lowest BCUT2D eigenvalue weighted by atomic mass is 9.90. The van der Waals surface area contributed by atoms with Gasteiger partial charge in [-0.1, -0.05) is 23.7 Å². The summed E-state index contributed by atoms with van der Waals surface area (Å²) in [6.45, 7) is 1.81. The SMILES string of the molecule is NC(=O)c1ccc2[nH]c(N3CCC(Cc4ccc(F)cc4)CC3)c(Cl)c2c1. The van der Waals surface area contributed by atoms with Crippen molar-refractivity contribution in [3.05, 3.63) is 64.4 Å². The predicted octanol–water partition coefficient (Wildman–Crippen LogP) is 4.52. The Balaban J connectivity index is 1.47. The van der Waals surface area contributed by atoms with Crippen LogP contribution in [0.1, 0.15) is 28.8 Å². The van der Waals surface area contributed by atoms with Crippen molar-refractivity contribution in [3.8, 4) is 0 Å². The maximum Gasteiger partial charge on any atom is 0.248 e.